The zero-order valence-corrected chi connectivity index (χ0v) is 16.7. The van der Waals surface area contributed by atoms with Gasteiger partial charge in [-0.05, 0) is 31.9 Å². The Labute approximate surface area is 166 Å². The standard InChI is InChI=1S/C23H25N3O2/c1-16(14-19-12-8-9-13-21(19)28-4)26(3)23(27)20-15-24-17(2)25-22(20)18-10-6-5-7-11-18/h5-13,15-16H,14H2,1-4H3/t16-/m1/s1. The predicted octanol–water partition coefficient (Wildman–Crippen LogP) is 4.16. The Morgan fingerprint density at radius 1 is 1.11 bits per heavy atom. The van der Waals surface area contributed by atoms with Crippen molar-refractivity contribution < 1.29 is 9.53 Å². The summed E-state index contributed by atoms with van der Waals surface area (Å²) in [5.41, 5.74) is 3.14. The molecule has 0 radical (unpaired) electrons. The van der Waals surface area contributed by atoms with Crippen LogP contribution in [0.2, 0.25) is 0 Å². The topological polar surface area (TPSA) is 55.3 Å². The normalized spacial score (nSPS) is 11.7. The molecule has 0 bridgehead atoms. The first kappa shape index (κ1) is 19.5. The second kappa shape index (κ2) is 8.65. The lowest BCUT2D eigenvalue weighted by Gasteiger charge is -2.26. The summed E-state index contributed by atoms with van der Waals surface area (Å²) in [5, 5.41) is 0. The number of hydrogen-bond donors (Lipinski definition) is 0. The largest absolute Gasteiger partial charge is 0.496 e. The van der Waals surface area contributed by atoms with Gasteiger partial charge in [0.15, 0.2) is 0 Å². The lowest BCUT2D eigenvalue weighted by Crippen LogP contribution is -2.37. The molecule has 1 amide bonds. The Bertz CT molecular complexity index is 957. The van der Waals surface area contributed by atoms with E-state index in [1.807, 2.05) is 75.5 Å². The minimum Gasteiger partial charge on any atom is -0.496 e. The number of aryl methyl sites for hydroxylation is 1. The molecule has 1 heterocycles. The summed E-state index contributed by atoms with van der Waals surface area (Å²) >= 11 is 0. The van der Waals surface area contributed by atoms with Crippen LogP contribution in [0.4, 0.5) is 0 Å². The van der Waals surface area contributed by atoms with E-state index in [0.29, 0.717) is 23.5 Å². The molecule has 0 saturated heterocycles. The predicted molar refractivity (Wildman–Crippen MR) is 110 cm³/mol. The molecule has 1 atom stereocenters. The highest BCUT2D eigenvalue weighted by atomic mass is 16.5. The number of para-hydroxylation sites is 1. The highest BCUT2D eigenvalue weighted by Gasteiger charge is 2.23. The minimum atomic E-state index is -0.0961. The van der Waals surface area contributed by atoms with E-state index in [4.69, 9.17) is 4.74 Å². The molecule has 0 aliphatic heterocycles. The van der Waals surface area contributed by atoms with Crippen molar-refractivity contribution in [2.75, 3.05) is 14.2 Å². The molecule has 3 rings (SSSR count). The van der Waals surface area contributed by atoms with Crippen molar-refractivity contribution in [3.8, 4) is 17.0 Å². The highest BCUT2D eigenvalue weighted by molar-refractivity contribution is 5.99. The first-order chi connectivity index (χ1) is 13.5. The summed E-state index contributed by atoms with van der Waals surface area (Å²) in [6.07, 6.45) is 2.32. The molecule has 0 aliphatic carbocycles. The maximum atomic E-state index is 13.3. The van der Waals surface area contributed by atoms with Crippen molar-refractivity contribution in [1.29, 1.82) is 0 Å². The molecule has 0 saturated carbocycles. The van der Waals surface area contributed by atoms with Crippen LogP contribution in [0.25, 0.3) is 11.3 Å². The first-order valence-electron chi connectivity index (χ1n) is 9.29. The molecule has 0 N–H and O–H groups in total. The van der Waals surface area contributed by atoms with Gasteiger partial charge < -0.3 is 9.64 Å². The lowest BCUT2D eigenvalue weighted by molar-refractivity contribution is 0.0743. The fourth-order valence-electron chi connectivity index (χ4n) is 3.16. The van der Waals surface area contributed by atoms with E-state index >= 15 is 0 Å². The molecule has 0 unspecified atom stereocenters. The van der Waals surface area contributed by atoms with E-state index in [9.17, 15) is 4.79 Å². The van der Waals surface area contributed by atoms with E-state index in [-0.39, 0.29) is 11.9 Å². The summed E-state index contributed by atoms with van der Waals surface area (Å²) in [6.45, 7) is 3.86. The van der Waals surface area contributed by atoms with Crippen LogP contribution in [0.15, 0.2) is 60.8 Å². The van der Waals surface area contributed by atoms with Crippen LogP contribution in [0.1, 0.15) is 28.7 Å². The van der Waals surface area contributed by atoms with E-state index in [1.54, 1.807) is 18.2 Å². The van der Waals surface area contributed by atoms with E-state index in [1.165, 1.54) is 0 Å². The van der Waals surface area contributed by atoms with E-state index in [0.717, 1.165) is 16.9 Å². The smallest absolute Gasteiger partial charge is 0.257 e. The number of methoxy groups -OCH3 is 1. The third kappa shape index (κ3) is 4.19. The summed E-state index contributed by atoms with van der Waals surface area (Å²) in [4.78, 5) is 23.8. The molecular formula is C23H25N3O2. The number of nitrogens with zero attached hydrogens (tertiary/aromatic N) is 3. The Hall–Kier alpha value is -3.21. The monoisotopic (exact) mass is 375 g/mol. The number of hydrogen-bond acceptors (Lipinski definition) is 4. The Balaban J connectivity index is 1.87. The van der Waals surface area contributed by atoms with Crippen molar-refractivity contribution in [2.45, 2.75) is 26.3 Å². The Morgan fingerprint density at radius 3 is 2.50 bits per heavy atom. The van der Waals surface area contributed by atoms with Gasteiger partial charge in [-0.1, -0.05) is 48.5 Å². The Kier molecular flexibility index (Phi) is 6.04. The highest BCUT2D eigenvalue weighted by Crippen LogP contribution is 2.24. The number of aromatic nitrogens is 2. The summed E-state index contributed by atoms with van der Waals surface area (Å²) < 4.78 is 5.44. The SMILES string of the molecule is COc1ccccc1C[C@@H](C)N(C)C(=O)c1cnc(C)nc1-c1ccccc1. The maximum absolute atomic E-state index is 13.3. The van der Waals surface area contributed by atoms with Crippen molar-refractivity contribution in [3.05, 3.63) is 77.7 Å². The van der Waals surface area contributed by atoms with Crippen LogP contribution in [0.3, 0.4) is 0 Å². The van der Waals surface area contributed by atoms with Crippen LogP contribution >= 0.6 is 0 Å². The van der Waals surface area contributed by atoms with Gasteiger partial charge in [-0.2, -0.15) is 0 Å². The quantitative estimate of drug-likeness (QED) is 0.649. The molecule has 0 spiro atoms. The number of amides is 1. The van der Waals surface area contributed by atoms with Crippen LogP contribution in [0, 0.1) is 6.92 Å². The van der Waals surface area contributed by atoms with Gasteiger partial charge in [0.05, 0.1) is 18.4 Å². The zero-order valence-electron chi connectivity index (χ0n) is 16.7. The fourth-order valence-corrected chi connectivity index (χ4v) is 3.16. The lowest BCUT2D eigenvalue weighted by atomic mass is 10.0. The van der Waals surface area contributed by atoms with Crippen molar-refractivity contribution in [3.63, 3.8) is 0 Å². The van der Waals surface area contributed by atoms with Crippen molar-refractivity contribution in [1.82, 2.24) is 14.9 Å². The maximum Gasteiger partial charge on any atom is 0.257 e. The molecule has 28 heavy (non-hydrogen) atoms. The average molecular weight is 375 g/mol. The number of ether oxygens (including phenoxy) is 1. The van der Waals surface area contributed by atoms with Crippen molar-refractivity contribution >= 4 is 5.91 Å². The summed E-state index contributed by atoms with van der Waals surface area (Å²) in [7, 11) is 3.48. The summed E-state index contributed by atoms with van der Waals surface area (Å²) in [5.74, 6) is 1.38. The number of carbonyl (C=O) groups excluding carboxylic acids is 1. The van der Waals surface area contributed by atoms with E-state index < -0.39 is 0 Å². The molecule has 144 valence electrons. The third-order valence-electron chi connectivity index (χ3n) is 4.88. The van der Waals surface area contributed by atoms with Gasteiger partial charge in [-0.15, -0.1) is 0 Å². The van der Waals surface area contributed by atoms with Crippen LogP contribution in [0.5, 0.6) is 5.75 Å². The van der Waals surface area contributed by atoms with Gasteiger partial charge in [0.25, 0.3) is 5.91 Å². The second-order valence-electron chi connectivity index (χ2n) is 6.83. The third-order valence-corrected chi connectivity index (χ3v) is 4.88. The first-order valence-corrected chi connectivity index (χ1v) is 9.29. The molecule has 3 aromatic rings. The molecule has 5 heteroatoms. The molecule has 0 fully saturated rings. The average Bonchev–Trinajstić information content (AvgIpc) is 2.73. The number of likely N-dealkylation sites (N-methyl/N-ethyl adjacent to an activating group) is 1. The van der Waals surface area contributed by atoms with Crippen LogP contribution in [-0.2, 0) is 6.42 Å². The van der Waals surface area contributed by atoms with Gasteiger partial charge in [0.1, 0.15) is 11.6 Å². The molecule has 1 aromatic heterocycles. The van der Waals surface area contributed by atoms with Gasteiger partial charge in [-0.25, -0.2) is 9.97 Å². The molecule has 0 aliphatic rings. The van der Waals surface area contributed by atoms with E-state index in [2.05, 4.69) is 9.97 Å². The van der Waals surface area contributed by atoms with Gasteiger partial charge >= 0.3 is 0 Å². The van der Waals surface area contributed by atoms with Gasteiger partial charge in [0, 0.05) is 24.8 Å². The molecular weight excluding hydrogens is 350 g/mol. The van der Waals surface area contributed by atoms with Crippen LogP contribution in [-0.4, -0.2) is 41.0 Å². The minimum absolute atomic E-state index is 0.0197. The molecule has 2 aromatic carbocycles. The molecule has 5 nitrogen and oxygen atoms in total. The van der Waals surface area contributed by atoms with Gasteiger partial charge in [0.2, 0.25) is 0 Å². The second-order valence-corrected chi connectivity index (χ2v) is 6.83. The fraction of sp³-hybridized carbons (Fsp3) is 0.261. The summed E-state index contributed by atoms with van der Waals surface area (Å²) in [6, 6.07) is 17.6. The Morgan fingerprint density at radius 2 is 1.79 bits per heavy atom. The van der Waals surface area contributed by atoms with Crippen molar-refractivity contribution in [2.24, 2.45) is 0 Å². The zero-order chi connectivity index (χ0) is 20.1. The van der Waals surface area contributed by atoms with Gasteiger partial charge in [-0.3, -0.25) is 4.79 Å². The number of carbonyl (C=O) groups is 1. The number of benzene rings is 2. The van der Waals surface area contributed by atoms with Crippen LogP contribution < -0.4 is 4.74 Å². The number of rotatable bonds is 6.